The van der Waals surface area contributed by atoms with Crippen LogP contribution in [-0.4, -0.2) is 50.4 Å². The molecule has 0 heterocycles. The van der Waals surface area contributed by atoms with Crippen LogP contribution in [0.4, 0.5) is 5.69 Å². The molecule has 4 rings (SSSR count). The minimum atomic E-state index is -4.22. The lowest BCUT2D eigenvalue weighted by Gasteiger charge is -2.34. The first-order valence-electron chi connectivity index (χ1n) is 14.9. The second-order valence-corrected chi connectivity index (χ2v) is 13.6. The first-order chi connectivity index (χ1) is 22.0. The number of sulfonamides is 1. The normalized spacial score (nSPS) is 12.0. The van der Waals surface area contributed by atoms with Gasteiger partial charge >= 0.3 is 0 Å². The van der Waals surface area contributed by atoms with E-state index in [-0.39, 0.29) is 35.5 Å². The molecule has 0 fully saturated rings. The van der Waals surface area contributed by atoms with Crippen LogP contribution in [0.3, 0.4) is 0 Å². The highest BCUT2D eigenvalue weighted by Gasteiger charge is 2.35. The average Bonchev–Trinajstić information content (AvgIpc) is 3.03. The summed E-state index contributed by atoms with van der Waals surface area (Å²) in [6.07, 6.45) is 0.185. The summed E-state index contributed by atoms with van der Waals surface area (Å²) in [5, 5.41) is 3.67. The number of amides is 2. The van der Waals surface area contributed by atoms with Gasteiger partial charge in [0.05, 0.1) is 17.2 Å². The monoisotopic (exact) mass is 681 g/mol. The fourth-order valence-corrected chi connectivity index (χ4v) is 6.80. The SMILES string of the molecule is CCOc1ccc(N(CC(=O)N(Cc2ccc(Cl)cc2Cl)[C@@H](Cc2ccccc2)C(=O)NC(C)C)S(=O)(=O)c2ccccc2)cc1. The maximum Gasteiger partial charge on any atom is 0.264 e. The van der Waals surface area contributed by atoms with Crippen molar-refractivity contribution in [2.24, 2.45) is 0 Å². The van der Waals surface area contributed by atoms with Crippen LogP contribution < -0.4 is 14.4 Å². The van der Waals surface area contributed by atoms with E-state index in [0.29, 0.717) is 28.0 Å². The van der Waals surface area contributed by atoms with Crippen LogP contribution in [0.15, 0.2) is 108 Å². The summed E-state index contributed by atoms with van der Waals surface area (Å²) in [6, 6.07) is 27.4. The van der Waals surface area contributed by atoms with E-state index in [1.165, 1.54) is 17.0 Å². The van der Waals surface area contributed by atoms with Crippen molar-refractivity contribution in [3.63, 3.8) is 0 Å². The molecular formula is C35H37Cl2N3O5S. The summed E-state index contributed by atoms with van der Waals surface area (Å²) in [6.45, 7) is 5.30. The zero-order valence-corrected chi connectivity index (χ0v) is 28.2. The predicted molar refractivity (Wildman–Crippen MR) is 183 cm³/mol. The molecule has 0 aliphatic rings. The van der Waals surface area contributed by atoms with Crippen LogP contribution in [0, 0.1) is 0 Å². The van der Waals surface area contributed by atoms with Gasteiger partial charge < -0.3 is 15.0 Å². The highest BCUT2D eigenvalue weighted by Crippen LogP contribution is 2.28. The Morgan fingerprint density at radius 2 is 1.50 bits per heavy atom. The van der Waals surface area contributed by atoms with Gasteiger partial charge in [0.2, 0.25) is 11.8 Å². The molecule has 8 nitrogen and oxygen atoms in total. The number of benzene rings is 4. The van der Waals surface area contributed by atoms with Crippen molar-refractivity contribution in [1.29, 1.82) is 0 Å². The lowest BCUT2D eigenvalue weighted by molar-refractivity contribution is -0.140. The summed E-state index contributed by atoms with van der Waals surface area (Å²) >= 11 is 12.7. The Bertz CT molecular complexity index is 1720. The predicted octanol–water partition coefficient (Wildman–Crippen LogP) is 6.75. The molecule has 0 saturated carbocycles. The number of ether oxygens (including phenoxy) is 1. The lowest BCUT2D eigenvalue weighted by atomic mass is 10.0. The quantitative estimate of drug-likeness (QED) is 0.159. The van der Waals surface area contributed by atoms with E-state index in [9.17, 15) is 18.0 Å². The van der Waals surface area contributed by atoms with Crippen molar-refractivity contribution >= 4 is 50.7 Å². The Labute approximate surface area is 280 Å². The van der Waals surface area contributed by atoms with Gasteiger partial charge in [0.1, 0.15) is 18.3 Å². The van der Waals surface area contributed by atoms with E-state index in [2.05, 4.69) is 5.32 Å². The van der Waals surface area contributed by atoms with Crippen LogP contribution >= 0.6 is 23.2 Å². The number of rotatable bonds is 14. The molecule has 0 saturated heterocycles. The number of nitrogens with one attached hydrogen (secondary N) is 1. The fraction of sp³-hybridized carbons (Fsp3) is 0.257. The molecule has 0 aromatic heterocycles. The van der Waals surface area contributed by atoms with Gasteiger partial charge in [-0.2, -0.15) is 0 Å². The number of nitrogens with zero attached hydrogens (tertiary/aromatic N) is 2. The molecule has 0 unspecified atom stereocenters. The van der Waals surface area contributed by atoms with Crippen molar-refractivity contribution < 1.29 is 22.7 Å². The molecule has 0 bridgehead atoms. The Hall–Kier alpha value is -4.05. The summed E-state index contributed by atoms with van der Waals surface area (Å²) in [7, 11) is -4.22. The molecule has 4 aromatic carbocycles. The van der Waals surface area contributed by atoms with Crippen LogP contribution in [0.1, 0.15) is 31.9 Å². The number of carbonyl (C=O) groups excluding carboxylic acids is 2. The largest absolute Gasteiger partial charge is 0.494 e. The van der Waals surface area contributed by atoms with Gasteiger partial charge in [-0.1, -0.05) is 77.8 Å². The van der Waals surface area contributed by atoms with E-state index >= 15 is 0 Å². The molecule has 0 aliphatic carbocycles. The van der Waals surface area contributed by atoms with E-state index in [4.69, 9.17) is 27.9 Å². The van der Waals surface area contributed by atoms with Gasteiger partial charge in [0.15, 0.2) is 0 Å². The number of halogens is 2. The average molecular weight is 683 g/mol. The van der Waals surface area contributed by atoms with Crippen LogP contribution in [0.5, 0.6) is 5.75 Å². The molecule has 0 radical (unpaired) electrons. The van der Waals surface area contributed by atoms with Crippen molar-refractivity contribution in [2.75, 3.05) is 17.5 Å². The first kappa shape index (κ1) is 34.8. The van der Waals surface area contributed by atoms with Gasteiger partial charge in [0.25, 0.3) is 10.0 Å². The maximum absolute atomic E-state index is 14.5. The van der Waals surface area contributed by atoms with E-state index in [0.717, 1.165) is 9.87 Å². The van der Waals surface area contributed by atoms with Crippen molar-refractivity contribution in [1.82, 2.24) is 10.2 Å². The van der Waals surface area contributed by atoms with Gasteiger partial charge in [-0.3, -0.25) is 13.9 Å². The van der Waals surface area contributed by atoms with Gasteiger partial charge in [-0.15, -0.1) is 0 Å². The van der Waals surface area contributed by atoms with Crippen LogP contribution in [0.25, 0.3) is 0 Å². The third kappa shape index (κ3) is 9.02. The van der Waals surface area contributed by atoms with E-state index in [1.54, 1.807) is 60.7 Å². The minimum absolute atomic E-state index is 0.0161. The number of anilines is 1. The van der Waals surface area contributed by atoms with Gasteiger partial charge in [-0.05, 0) is 80.4 Å². The summed E-state index contributed by atoms with van der Waals surface area (Å²) in [4.78, 5) is 29.7. The summed E-state index contributed by atoms with van der Waals surface area (Å²) in [5.74, 6) is -0.419. The summed E-state index contributed by atoms with van der Waals surface area (Å²) < 4.78 is 34.8. The molecule has 2 amide bonds. The molecule has 0 aliphatic heterocycles. The fourth-order valence-electron chi connectivity index (χ4n) is 4.89. The van der Waals surface area contributed by atoms with Crippen LogP contribution in [-0.2, 0) is 32.6 Å². The van der Waals surface area contributed by atoms with Crippen molar-refractivity contribution in [2.45, 2.75) is 50.7 Å². The van der Waals surface area contributed by atoms with Crippen molar-refractivity contribution in [3.05, 3.63) is 124 Å². The third-order valence-electron chi connectivity index (χ3n) is 7.10. The first-order valence-corrected chi connectivity index (χ1v) is 17.1. The maximum atomic E-state index is 14.5. The van der Waals surface area contributed by atoms with Crippen molar-refractivity contribution in [3.8, 4) is 5.75 Å². The molecule has 4 aromatic rings. The molecule has 46 heavy (non-hydrogen) atoms. The summed E-state index contributed by atoms with van der Waals surface area (Å²) in [5.41, 5.74) is 1.64. The minimum Gasteiger partial charge on any atom is -0.494 e. The van der Waals surface area contributed by atoms with E-state index in [1.807, 2.05) is 51.1 Å². The van der Waals surface area contributed by atoms with Gasteiger partial charge in [-0.25, -0.2) is 8.42 Å². The number of hydrogen-bond acceptors (Lipinski definition) is 5. The highest BCUT2D eigenvalue weighted by atomic mass is 35.5. The molecule has 1 N–H and O–H groups in total. The zero-order chi connectivity index (χ0) is 33.3. The third-order valence-corrected chi connectivity index (χ3v) is 9.48. The Morgan fingerprint density at radius 3 is 2.09 bits per heavy atom. The molecular weight excluding hydrogens is 645 g/mol. The van der Waals surface area contributed by atoms with Gasteiger partial charge in [0, 0.05) is 29.1 Å². The topological polar surface area (TPSA) is 96.0 Å². The lowest BCUT2D eigenvalue weighted by Crippen LogP contribution is -2.54. The standard InChI is InChI=1S/C35H37Cl2N3O5S/c1-4-45-30-19-17-29(18-20-30)40(46(43,44)31-13-9-6-10-14-31)24-34(41)39(23-27-15-16-28(36)22-32(27)37)33(35(42)38-25(2)3)21-26-11-7-5-8-12-26/h5-20,22,25,33H,4,21,23-24H2,1-3H3,(H,38,42)/t33-/m0/s1. The Kier molecular flexibility index (Phi) is 12.1. The smallest absolute Gasteiger partial charge is 0.264 e. The number of carbonyl (C=O) groups is 2. The molecule has 1 atom stereocenters. The Balaban J connectivity index is 1.81. The van der Waals surface area contributed by atoms with E-state index < -0.39 is 28.5 Å². The molecule has 242 valence electrons. The van der Waals surface area contributed by atoms with Crippen LogP contribution in [0.2, 0.25) is 10.0 Å². The Morgan fingerprint density at radius 1 is 0.870 bits per heavy atom. The zero-order valence-electron chi connectivity index (χ0n) is 25.9. The second-order valence-electron chi connectivity index (χ2n) is 10.9. The number of hydrogen-bond donors (Lipinski definition) is 1. The molecule has 11 heteroatoms. The highest BCUT2D eigenvalue weighted by molar-refractivity contribution is 7.92. The molecule has 0 spiro atoms. The second kappa shape index (κ2) is 16.0.